The van der Waals surface area contributed by atoms with E-state index in [1.165, 1.54) is 5.56 Å². The summed E-state index contributed by atoms with van der Waals surface area (Å²) in [4.78, 5) is 24.4. The Hall–Kier alpha value is -4.04. The van der Waals surface area contributed by atoms with E-state index in [-0.39, 0.29) is 23.1 Å². The molecule has 4 rings (SSSR count). The van der Waals surface area contributed by atoms with Crippen LogP contribution in [0.25, 0.3) is 11.1 Å². The third kappa shape index (κ3) is 5.29. The molecule has 1 aromatic heterocycles. The summed E-state index contributed by atoms with van der Waals surface area (Å²) < 4.78 is 1.91. The van der Waals surface area contributed by atoms with Crippen LogP contribution < -0.4 is 21.7 Å². The van der Waals surface area contributed by atoms with Gasteiger partial charge in [0.25, 0.3) is 5.91 Å². The first-order valence-corrected chi connectivity index (χ1v) is 11.1. The van der Waals surface area contributed by atoms with Gasteiger partial charge in [-0.2, -0.15) is 5.10 Å². The van der Waals surface area contributed by atoms with Gasteiger partial charge in [0.1, 0.15) is 5.70 Å². The number of aromatic nitrogens is 2. The van der Waals surface area contributed by atoms with Gasteiger partial charge in [0.15, 0.2) is 0 Å². The van der Waals surface area contributed by atoms with Gasteiger partial charge in [-0.1, -0.05) is 48.5 Å². The van der Waals surface area contributed by atoms with Crippen LogP contribution in [0.5, 0.6) is 0 Å². The predicted octanol–water partition coefficient (Wildman–Crippen LogP) is 3.62. The Balaban J connectivity index is 1.43. The van der Waals surface area contributed by atoms with Gasteiger partial charge >= 0.3 is 6.03 Å². The number of nitrogens with two attached hydrogens (primary N) is 1. The van der Waals surface area contributed by atoms with Crippen molar-refractivity contribution < 1.29 is 9.59 Å². The van der Waals surface area contributed by atoms with Gasteiger partial charge in [-0.15, -0.1) is 0 Å². The molecule has 0 aliphatic carbocycles. The average Bonchev–Trinajstić information content (AvgIpc) is 3.30. The van der Waals surface area contributed by atoms with Gasteiger partial charge in [-0.05, 0) is 48.2 Å². The van der Waals surface area contributed by atoms with Crippen LogP contribution in [0.15, 0.2) is 84.6 Å². The van der Waals surface area contributed by atoms with Crippen LogP contribution in [-0.2, 0) is 17.8 Å². The summed E-state index contributed by atoms with van der Waals surface area (Å²) in [6.07, 6.45) is 4.67. The summed E-state index contributed by atoms with van der Waals surface area (Å²) in [5, 5.41) is 12.9. The summed E-state index contributed by atoms with van der Waals surface area (Å²) >= 11 is 5.95. The normalized spacial score (nSPS) is 14.4. The van der Waals surface area contributed by atoms with Crippen LogP contribution in [0.4, 0.5) is 4.79 Å². The second-order valence-corrected chi connectivity index (χ2v) is 8.47. The minimum atomic E-state index is -0.549. The van der Waals surface area contributed by atoms with Gasteiger partial charge < -0.3 is 21.7 Å². The van der Waals surface area contributed by atoms with Crippen molar-refractivity contribution in [1.82, 2.24) is 25.7 Å². The molecule has 0 fully saturated rings. The van der Waals surface area contributed by atoms with Crippen molar-refractivity contribution in [2.24, 2.45) is 5.73 Å². The van der Waals surface area contributed by atoms with Crippen LogP contribution in [0, 0.1) is 0 Å². The number of amides is 3. The number of carbonyl (C=O) groups is 2. The zero-order valence-corrected chi connectivity index (χ0v) is 19.4. The van der Waals surface area contributed by atoms with E-state index in [1.54, 1.807) is 0 Å². The Morgan fingerprint density at radius 3 is 2.74 bits per heavy atom. The first-order chi connectivity index (χ1) is 16.3. The Morgan fingerprint density at radius 1 is 1.21 bits per heavy atom. The molecule has 0 saturated heterocycles. The minimum Gasteiger partial charge on any atom is -0.395 e. The molecular formula is C25H25ClN6O2. The second-order valence-electron chi connectivity index (χ2n) is 8.04. The van der Waals surface area contributed by atoms with Crippen molar-refractivity contribution in [3.63, 3.8) is 0 Å². The second kappa shape index (κ2) is 9.84. The molecule has 0 bridgehead atoms. The maximum atomic E-state index is 12.7. The Morgan fingerprint density at radius 2 is 1.97 bits per heavy atom. The Labute approximate surface area is 202 Å². The highest BCUT2D eigenvalue weighted by atomic mass is 35.5. The van der Waals surface area contributed by atoms with Crippen LogP contribution in [0.1, 0.15) is 24.1 Å². The molecule has 8 nitrogen and oxygen atoms in total. The molecule has 1 atom stereocenters. The van der Waals surface area contributed by atoms with Crippen LogP contribution in [-0.4, -0.2) is 21.7 Å². The fourth-order valence-electron chi connectivity index (χ4n) is 3.62. The molecule has 34 heavy (non-hydrogen) atoms. The number of nitrogens with one attached hydrogen (secondary N) is 3. The lowest BCUT2D eigenvalue weighted by Gasteiger charge is -2.22. The molecule has 2 aromatic carbocycles. The summed E-state index contributed by atoms with van der Waals surface area (Å²) in [7, 11) is 0. The highest BCUT2D eigenvalue weighted by molar-refractivity contribution is 6.30. The Kier molecular flexibility index (Phi) is 6.70. The van der Waals surface area contributed by atoms with Gasteiger partial charge in [0.2, 0.25) is 0 Å². The molecule has 0 radical (unpaired) electrons. The van der Waals surface area contributed by atoms with E-state index >= 15 is 0 Å². The number of urea groups is 1. The summed E-state index contributed by atoms with van der Waals surface area (Å²) in [6, 6.07) is 14.8. The highest BCUT2D eigenvalue weighted by Gasteiger charge is 2.25. The molecule has 3 amide bonds. The number of hydrogen-bond acceptors (Lipinski definition) is 4. The zero-order valence-electron chi connectivity index (χ0n) is 18.6. The molecule has 9 heteroatoms. The molecule has 1 aliphatic rings. The molecule has 1 aliphatic heterocycles. The molecule has 0 saturated carbocycles. The van der Waals surface area contributed by atoms with E-state index in [1.807, 2.05) is 72.5 Å². The molecule has 0 spiro atoms. The predicted molar refractivity (Wildman–Crippen MR) is 131 cm³/mol. The van der Waals surface area contributed by atoms with Crippen molar-refractivity contribution in [2.75, 3.05) is 0 Å². The van der Waals surface area contributed by atoms with E-state index in [4.69, 9.17) is 17.3 Å². The molecule has 174 valence electrons. The first-order valence-electron chi connectivity index (χ1n) is 10.8. The van der Waals surface area contributed by atoms with E-state index in [9.17, 15) is 9.59 Å². The first kappa shape index (κ1) is 23.1. The fourth-order valence-corrected chi connectivity index (χ4v) is 3.74. The van der Waals surface area contributed by atoms with Crippen molar-refractivity contribution in [3.8, 4) is 11.1 Å². The SMILES string of the molecule is C=C1NC(=O)NC(C(=O)N[C@H](C)c2cccc(-c3cnn(CCc4ccc(Cl)cc4)c3)c2)=C1N. The molecule has 3 aromatic rings. The fraction of sp³-hybridized carbons (Fsp3) is 0.160. The largest absolute Gasteiger partial charge is 0.395 e. The van der Waals surface area contributed by atoms with E-state index < -0.39 is 11.9 Å². The van der Waals surface area contributed by atoms with Gasteiger partial charge in [-0.3, -0.25) is 9.48 Å². The molecular weight excluding hydrogens is 452 g/mol. The van der Waals surface area contributed by atoms with Gasteiger partial charge in [0, 0.05) is 23.3 Å². The van der Waals surface area contributed by atoms with Crippen molar-refractivity contribution in [1.29, 1.82) is 0 Å². The highest BCUT2D eigenvalue weighted by Crippen LogP contribution is 2.23. The number of hydrogen-bond donors (Lipinski definition) is 4. The third-order valence-electron chi connectivity index (χ3n) is 5.57. The number of halogens is 1. The smallest absolute Gasteiger partial charge is 0.323 e. The third-order valence-corrected chi connectivity index (χ3v) is 5.82. The van der Waals surface area contributed by atoms with Gasteiger partial charge in [-0.25, -0.2) is 4.79 Å². The van der Waals surface area contributed by atoms with Crippen molar-refractivity contribution >= 4 is 23.5 Å². The molecule has 5 N–H and O–H groups in total. The van der Waals surface area contributed by atoms with Crippen LogP contribution >= 0.6 is 11.6 Å². The maximum absolute atomic E-state index is 12.7. The number of nitrogens with zero attached hydrogens (tertiary/aromatic N) is 2. The van der Waals surface area contributed by atoms with Crippen LogP contribution in [0.2, 0.25) is 5.02 Å². The van der Waals surface area contributed by atoms with E-state index in [0.717, 1.165) is 34.7 Å². The molecule has 2 heterocycles. The quantitative estimate of drug-likeness (QED) is 0.417. The number of benzene rings is 2. The summed E-state index contributed by atoms with van der Waals surface area (Å²) in [5.74, 6) is -0.485. The average molecular weight is 477 g/mol. The monoisotopic (exact) mass is 476 g/mol. The lowest BCUT2D eigenvalue weighted by molar-refractivity contribution is -0.118. The number of carbonyl (C=O) groups excluding carboxylic acids is 2. The minimum absolute atomic E-state index is 0.0151. The lowest BCUT2D eigenvalue weighted by atomic mass is 10.0. The summed E-state index contributed by atoms with van der Waals surface area (Å²) in [5.41, 5.74) is 10.2. The Bertz CT molecular complexity index is 1280. The van der Waals surface area contributed by atoms with E-state index in [2.05, 4.69) is 27.6 Å². The topological polar surface area (TPSA) is 114 Å². The van der Waals surface area contributed by atoms with Crippen molar-refractivity contribution in [2.45, 2.75) is 25.9 Å². The van der Waals surface area contributed by atoms with E-state index in [0.29, 0.717) is 0 Å². The standard InChI is InChI=1S/C25H25ClN6O2/c1-15(29-24(33)23-22(27)16(2)30-25(34)31-23)18-4-3-5-19(12-18)20-13-28-32(14-20)11-10-17-6-8-21(26)9-7-17/h3-9,12-15H,2,10-11,27H2,1H3,(H,29,33)(H2,30,31,34)/t15-/m1/s1. The molecule has 0 unspecified atom stereocenters. The number of rotatable bonds is 7. The van der Waals surface area contributed by atoms with Crippen molar-refractivity contribution in [3.05, 3.63) is 101 Å². The summed E-state index contributed by atoms with van der Waals surface area (Å²) in [6.45, 7) is 6.26. The lowest BCUT2D eigenvalue weighted by Crippen LogP contribution is -2.47. The van der Waals surface area contributed by atoms with Gasteiger partial charge in [0.05, 0.1) is 23.6 Å². The zero-order chi connectivity index (χ0) is 24.2. The maximum Gasteiger partial charge on any atom is 0.323 e. The number of aryl methyl sites for hydroxylation is 2. The van der Waals surface area contributed by atoms with Crippen LogP contribution in [0.3, 0.4) is 0 Å².